The van der Waals surface area contributed by atoms with Gasteiger partial charge in [-0.05, 0) is 31.1 Å². The Balaban J connectivity index is 2.36. The van der Waals surface area contributed by atoms with Crippen LogP contribution in [-0.2, 0) is 9.84 Å². The number of amides is 2. The first-order valence-electron chi connectivity index (χ1n) is 7.46. The van der Waals surface area contributed by atoms with Gasteiger partial charge in [-0.15, -0.1) is 0 Å². The zero-order chi connectivity index (χ0) is 15.2. The fourth-order valence-corrected chi connectivity index (χ4v) is 3.61. The van der Waals surface area contributed by atoms with Crippen molar-refractivity contribution < 1.29 is 13.2 Å². The Bertz CT molecular complexity index is 418. The van der Waals surface area contributed by atoms with E-state index in [0.717, 1.165) is 32.4 Å². The zero-order valence-electron chi connectivity index (χ0n) is 12.9. The molecule has 0 spiro atoms. The van der Waals surface area contributed by atoms with Crippen LogP contribution in [0.3, 0.4) is 0 Å². The van der Waals surface area contributed by atoms with E-state index in [2.05, 4.69) is 19.2 Å². The van der Waals surface area contributed by atoms with Crippen molar-refractivity contribution in [3.05, 3.63) is 0 Å². The number of urea groups is 1. The van der Waals surface area contributed by atoms with Gasteiger partial charge >= 0.3 is 6.03 Å². The molecule has 1 N–H and O–H groups in total. The van der Waals surface area contributed by atoms with E-state index in [9.17, 15) is 13.2 Å². The van der Waals surface area contributed by atoms with Crippen LogP contribution in [0.15, 0.2) is 0 Å². The maximum absolute atomic E-state index is 12.1. The van der Waals surface area contributed by atoms with Gasteiger partial charge < -0.3 is 10.2 Å². The average molecular weight is 304 g/mol. The largest absolute Gasteiger partial charge is 0.338 e. The highest BCUT2D eigenvalue weighted by atomic mass is 32.2. The standard InChI is InChI=1S/C14H28N2O3S/c1-4-7-14(2)8-5-10-16(12-14)13(17)15-9-6-11-20(3,18)19/h4-12H2,1-3H3,(H,15,17)/t14-/m1/s1. The van der Waals surface area contributed by atoms with Gasteiger partial charge in [-0.1, -0.05) is 20.3 Å². The van der Waals surface area contributed by atoms with E-state index < -0.39 is 9.84 Å². The van der Waals surface area contributed by atoms with Gasteiger partial charge in [0.25, 0.3) is 0 Å². The van der Waals surface area contributed by atoms with Crippen molar-refractivity contribution in [3.63, 3.8) is 0 Å². The lowest BCUT2D eigenvalue weighted by molar-refractivity contribution is 0.110. The molecule has 0 saturated carbocycles. The number of hydrogen-bond donors (Lipinski definition) is 1. The molecule has 0 aromatic rings. The topological polar surface area (TPSA) is 66.5 Å². The summed E-state index contributed by atoms with van der Waals surface area (Å²) in [5.74, 6) is 0.126. The molecule has 1 saturated heterocycles. The smallest absolute Gasteiger partial charge is 0.317 e. The third kappa shape index (κ3) is 6.11. The summed E-state index contributed by atoms with van der Waals surface area (Å²) >= 11 is 0. The maximum Gasteiger partial charge on any atom is 0.317 e. The van der Waals surface area contributed by atoms with Gasteiger partial charge in [0.05, 0.1) is 5.75 Å². The number of carbonyl (C=O) groups excluding carboxylic acids is 1. The average Bonchev–Trinajstić information content (AvgIpc) is 2.33. The van der Waals surface area contributed by atoms with E-state index in [1.54, 1.807) is 0 Å². The van der Waals surface area contributed by atoms with Gasteiger partial charge in [0.1, 0.15) is 9.84 Å². The minimum Gasteiger partial charge on any atom is -0.338 e. The number of nitrogens with one attached hydrogen (secondary N) is 1. The zero-order valence-corrected chi connectivity index (χ0v) is 13.8. The second-order valence-corrected chi connectivity index (χ2v) is 8.56. The number of piperidine rings is 1. The minimum absolute atomic E-state index is 0.0551. The Labute approximate surface area is 123 Å². The van der Waals surface area contributed by atoms with Crippen molar-refractivity contribution in [1.29, 1.82) is 0 Å². The van der Waals surface area contributed by atoms with Crippen LogP contribution < -0.4 is 5.32 Å². The predicted octanol–water partition coefficient (Wildman–Crippen LogP) is 2.03. The van der Waals surface area contributed by atoms with E-state index in [1.807, 2.05) is 4.90 Å². The highest BCUT2D eigenvalue weighted by molar-refractivity contribution is 7.90. The highest BCUT2D eigenvalue weighted by Crippen LogP contribution is 2.33. The van der Waals surface area contributed by atoms with E-state index in [0.29, 0.717) is 13.0 Å². The molecular formula is C14H28N2O3S. The fourth-order valence-electron chi connectivity index (χ4n) is 2.94. The number of sulfone groups is 1. The first-order chi connectivity index (χ1) is 9.26. The lowest BCUT2D eigenvalue weighted by atomic mass is 9.78. The summed E-state index contributed by atoms with van der Waals surface area (Å²) in [5.41, 5.74) is 0.233. The number of hydrogen-bond acceptors (Lipinski definition) is 3. The molecule has 1 aliphatic heterocycles. The molecule has 20 heavy (non-hydrogen) atoms. The normalized spacial score (nSPS) is 23.6. The summed E-state index contributed by atoms with van der Waals surface area (Å²) in [5, 5.41) is 2.83. The lowest BCUT2D eigenvalue weighted by Crippen LogP contribution is -2.49. The summed E-state index contributed by atoms with van der Waals surface area (Å²) in [4.78, 5) is 14.0. The molecule has 0 radical (unpaired) electrons. The molecule has 5 nitrogen and oxygen atoms in total. The molecular weight excluding hydrogens is 276 g/mol. The Morgan fingerprint density at radius 1 is 1.40 bits per heavy atom. The van der Waals surface area contributed by atoms with E-state index >= 15 is 0 Å². The summed E-state index contributed by atoms with van der Waals surface area (Å²) in [7, 11) is -2.94. The molecule has 2 amide bonds. The van der Waals surface area contributed by atoms with E-state index in [1.165, 1.54) is 12.7 Å². The van der Waals surface area contributed by atoms with Gasteiger partial charge in [0, 0.05) is 25.9 Å². The minimum atomic E-state index is -2.94. The van der Waals surface area contributed by atoms with Crippen LogP contribution in [0.4, 0.5) is 4.79 Å². The number of rotatable bonds is 6. The second-order valence-electron chi connectivity index (χ2n) is 6.30. The van der Waals surface area contributed by atoms with Crippen molar-refractivity contribution in [3.8, 4) is 0 Å². The first kappa shape index (κ1) is 17.3. The monoisotopic (exact) mass is 304 g/mol. The van der Waals surface area contributed by atoms with Gasteiger partial charge in [-0.3, -0.25) is 0 Å². The van der Waals surface area contributed by atoms with Crippen LogP contribution in [0.5, 0.6) is 0 Å². The summed E-state index contributed by atoms with van der Waals surface area (Å²) in [6.45, 7) is 6.46. The fraction of sp³-hybridized carbons (Fsp3) is 0.929. The third-order valence-electron chi connectivity index (χ3n) is 3.89. The van der Waals surface area contributed by atoms with Gasteiger partial charge in [-0.25, -0.2) is 13.2 Å². The molecule has 1 heterocycles. The molecule has 1 aliphatic rings. The van der Waals surface area contributed by atoms with E-state index in [-0.39, 0.29) is 17.2 Å². The summed E-state index contributed by atoms with van der Waals surface area (Å²) in [6.07, 6.45) is 6.21. The van der Waals surface area contributed by atoms with Crippen molar-refractivity contribution in [2.75, 3.05) is 31.6 Å². The molecule has 0 bridgehead atoms. The van der Waals surface area contributed by atoms with Crippen LogP contribution in [0.25, 0.3) is 0 Å². The SMILES string of the molecule is CCC[C@]1(C)CCCN(C(=O)NCCCS(C)(=O)=O)C1. The number of carbonyl (C=O) groups is 1. The van der Waals surface area contributed by atoms with Crippen molar-refractivity contribution in [2.24, 2.45) is 5.41 Å². The number of likely N-dealkylation sites (tertiary alicyclic amines) is 1. The molecule has 118 valence electrons. The Kier molecular flexibility index (Phi) is 6.30. The van der Waals surface area contributed by atoms with Crippen LogP contribution in [-0.4, -0.2) is 51.0 Å². The van der Waals surface area contributed by atoms with E-state index in [4.69, 9.17) is 0 Å². The molecule has 0 aromatic carbocycles. The maximum atomic E-state index is 12.1. The molecule has 0 aliphatic carbocycles. The van der Waals surface area contributed by atoms with Crippen LogP contribution in [0.2, 0.25) is 0 Å². The molecule has 0 aromatic heterocycles. The molecule has 6 heteroatoms. The summed E-state index contributed by atoms with van der Waals surface area (Å²) in [6, 6.07) is -0.0551. The Morgan fingerprint density at radius 2 is 2.10 bits per heavy atom. The van der Waals surface area contributed by atoms with Gasteiger partial charge in [-0.2, -0.15) is 0 Å². The first-order valence-corrected chi connectivity index (χ1v) is 9.52. The molecule has 1 atom stereocenters. The van der Waals surface area contributed by atoms with Crippen molar-refractivity contribution >= 4 is 15.9 Å². The second kappa shape index (κ2) is 7.29. The Morgan fingerprint density at radius 3 is 2.70 bits per heavy atom. The number of nitrogens with zero attached hydrogens (tertiary/aromatic N) is 1. The summed E-state index contributed by atoms with van der Waals surface area (Å²) < 4.78 is 22.0. The highest BCUT2D eigenvalue weighted by Gasteiger charge is 2.32. The lowest BCUT2D eigenvalue weighted by Gasteiger charge is -2.40. The molecule has 0 unspecified atom stereocenters. The predicted molar refractivity (Wildman–Crippen MR) is 81.5 cm³/mol. The Hall–Kier alpha value is -0.780. The van der Waals surface area contributed by atoms with Crippen LogP contribution in [0, 0.1) is 5.41 Å². The van der Waals surface area contributed by atoms with Crippen LogP contribution in [0.1, 0.15) is 46.0 Å². The van der Waals surface area contributed by atoms with Crippen molar-refractivity contribution in [2.45, 2.75) is 46.0 Å². The third-order valence-corrected chi connectivity index (χ3v) is 4.92. The van der Waals surface area contributed by atoms with Gasteiger partial charge in [0.15, 0.2) is 0 Å². The molecule has 1 fully saturated rings. The quantitative estimate of drug-likeness (QED) is 0.764. The van der Waals surface area contributed by atoms with Gasteiger partial charge in [0.2, 0.25) is 0 Å². The van der Waals surface area contributed by atoms with Crippen LogP contribution >= 0.6 is 0 Å². The van der Waals surface area contributed by atoms with Crippen molar-refractivity contribution in [1.82, 2.24) is 10.2 Å². The molecule has 1 rings (SSSR count).